The van der Waals surface area contributed by atoms with Gasteiger partial charge in [0.05, 0.1) is 12.3 Å². The molecule has 0 atom stereocenters. The number of hydrogen-bond donors (Lipinski definition) is 1. The second-order valence-electron chi connectivity index (χ2n) is 8.01. The maximum atomic E-state index is 12.5. The lowest BCUT2D eigenvalue weighted by Crippen LogP contribution is -2.39. The summed E-state index contributed by atoms with van der Waals surface area (Å²) in [6.45, 7) is 2.81. The van der Waals surface area contributed by atoms with Crippen molar-refractivity contribution in [3.8, 4) is 17.2 Å². The number of nitrogens with one attached hydrogen (secondary N) is 1. The van der Waals surface area contributed by atoms with Crippen molar-refractivity contribution in [3.63, 3.8) is 0 Å². The van der Waals surface area contributed by atoms with Gasteiger partial charge in [-0.1, -0.05) is 30.7 Å². The summed E-state index contributed by atoms with van der Waals surface area (Å²) in [7, 11) is 0. The van der Waals surface area contributed by atoms with Gasteiger partial charge in [-0.3, -0.25) is 9.59 Å². The van der Waals surface area contributed by atoms with E-state index in [4.69, 9.17) is 25.8 Å². The molecule has 0 saturated heterocycles. The molecule has 2 amide bonds. The molecule has 0 unspecified atom stereocenters. The molecule has 1 heterocycles. The quantitative estimate of drug-likeness (QED) is 0.396. The van der Waals surface area contributed by atoms with E-state index in [9.17, 15) is 9.59 Å². The average molecular weight is 495 g/mol. The largest absolute Gasteiger partial charge is 0.494 e. The molecule has 1 N–H and O–H groups in total. The van der Waals surface area contributed by atoms with E-state index in [0.29, 0.717) is 47.5 Å². The van der Waals surface area contributed by atoms with Crippen LogP contribution in [0, 0.1) is 0 Å². The zero-order chi connectivity index (χ0) is 24.6. The Morgan fingerprint density at radius 1 is 1.06 bits per heavy atom. The highest BCUT2D eigenvalue weighted by Gasteiger charge is 2.25. The number of amides is 2. The number of fused-ring (bicyclic) bond motifs is 1. The molecule has 1 aliphatic heterocycles. The number of anilines is 2. The fourth-order valence-corrected chi connectivity index (χ4v) is 3.80. The van der Waals surface area contributed by atoms with Crippen LogP contribution in [0.2, 0.25) is 5.02 Å². The molecule has 0 radical (unpaired) electrons. The Hall–Kier alpha value is -3.71. The molecule has 4 rings (SSSR count). The van der Waals surface area contributed by atoms with Gasteiger partial charge in [0.15, 0.2) is 13.2 Å². The number of halogens is 1. The third kappa shape index (κ3) is 6.67. The van der Waals surface area contributed by atoms with Gasteiger partial charge < -0.3 is 24.4 Å². The lowest BCUT2D eigenvalue weighted by molar-refractivity contribution is -0.121. The molecule has 7 nitrogen and oxygen atoms in total. The van der Waals surface area contributed by atoms with Gasteiger partial charge in [-0.05, 0) is 73.0 Å². The summed E-state index contributed by atoms with van der Waals surface area (Å²) in [5, 5.41) is 3.47. The summed E-state index contributed by atoms with van der Waals surface area (Å²) >= 11 is 5.89. The van der Waals surface area contributed by atoms with Crippen molar-refractivity contribution in [1.29, 1.82) is 0 Å². The van der Waals surface area contributed by atoms with Gasteiger partial charge in [-0.25, -0.2) is 0 Å². The fraction of sp³-hybridized carbons (Fsp3) is 0.259. The van der Waals surface area contributed by atoms with Gasteiger partial charge in [-0.2, -0.15) is 0 Å². The van der Waals surface area contributed by atoms with Crippen LogP contribution in [0.3, 0.4) is 0 Å². The van der Waals surface area contributed by atoms with E-state index < -0.39 is 0 Å². The number of hydrogen-bond acceptors (Lipinski definition) is 5. The third-order valence-corrected chi connectivity index (χ3v) is 5.72. The Bertz CT molecular complexity index is 1180. The normalized spacial score (nSPS) is 12.5. The molecule has 35 heavy (non-hydrogen) atoms. The second kappa shape index (κ2) is 11.6. The standard InChI is InChI=1S/C27H27ClN2O5/c1-2-19-5-3-6-23(15-19)34-17-26(31)29-21-9-12-25-24(16-21)30(27(32)18-35-25)13-4-14-33-22-10-7-20(28)8-11-22/h3,5-12,15-16H,2,4,13-14,17-18H2,1H3,(H,29,31). The molecule has 182 valence electrons. The Kier molecular flexibility index (Phi) is 8.11. The highest BCUT2D eigenvalue weighted by Crippen LogP contribution is 2.34. The number of carbonyl (C=O) groups excluding carboxylic acids is 2. The van der Waals surface area contributed by atoms with Crippen molar-refractivity contribution in [2.24, 2.45) is 0 Å². The minimum Gasteiger partial charge on any atom is -0.494 e. The fourth-order valence-electron chi connectivity index (χ4n) is 3.67. The molecule has 1 aliphatic rings. The van der Waals surface area contributed by atoms with Crippen LogP contribution < -0.4 is 24.4 Å². The van der Waals surface area contributed by atoms with E-state index in [1.807, 2.05) is 24.3 Å². The van der Waals surface area contributed by atoms with E-state index in [0.717, 1.165) is 17.7 Å². The maximum Gasteiger partial charge on any atom is 0.265 e. The molecule has 8 heteroatoms. The number of ether oxygens (including phenoxy) is 3. The highest BCUT2D eigenvalue weighted by molar-refractivity contribution is 6.30. The Morgan fingerprint density at radius 3 is 2.69 bits per heavy atom. The van der Waals surface area contributed by atoms with E-state index in [1.165, 1.54) is 0 Å². The van der Waals surface area contributed by atoms with Gasteiger partial charge >= 0.3 is 0 Å². The number of carbonyl (C=O) groups is 2. The van der Waals surface area contributed by atoms with Crippen molar-refractivity contribution < 1.29 is 23.8 Å². The van der Waals surface area contributed by atoms with E-state index >= 15 is 0 Å². The predicted octanol–water partition coefficient (Wildman–Crippen LogP) is 5.11. The van der Waals surface area contributed by atoms with Crippen LogP contribution in [0.5, 0.6) is 17.2 Å². The topological polar surface area (TPSA) is 77.1 Å². The van der Waals surface area contributed by atoms with Gasteiger partial charge in [0, 0.05) is 17.3 Å². The Labute approximate surface area is 209 Å². The van der Waals surface area contributed by atoms with E-state index in [1.54, 1.807) is 47.4 Å². The summed E-state index contributed by atoms with van der Waals surface area (Å²) < 4.78 is 16.9. The lowest BCUT2D eigenvalue weighted by atomic mass is 10.2. The molecule has 0 saturated carbocycles. The van der Waals surface area contributed by atoms with Crippen molar-refractivity contribution in [2.45, 2.75) is 19.8 Å². The van der Waals surface area contributed by atoms with E-state index in [2.05, 4.69) is 12.2 Å². The van der Waals surface area contributed by atoms with Crippen molar-refractivity contribution in [3.05, 3.63) is 77.3 Å². The zero-order valence-corrected chi connectivity index (χ0v) is 20.2. The van der Waals surface area contributed by atoms with Gasteiger partial charge in [0.1, 0.15) is 17.2 Å². The Morgan fingerprint density at radius 2 is 1.89 bits per heavy atom. The molecule has 0 spiro atoms. The first-order valence-electron chi connectivity index (χ1n) is 11.5. The zero-order valence-electron chi connectivity index (χ0n) is 19.5. The van der Waals surface area contributed by atoms with Crippen molar-refractivity contribution >= 4 is 34.8 Å². The molecule has 0 aliphatic carbocycles. The first-order chi connectivity index (χ1) is 17.0. The molecule has 0 bridgehead atoms. The summed E-state index contributed by atoms with van der Waals surface area (Å²) in [6, 6.07) is 20.0. The number of nitrogens with zero attached hydrogens (tertiary/aromatic N) is 1. The number of rotatable bonds is 10. The van der Waals surface area contributed by atoms with Crippen molar-refractivity contribution in [1.82, 2.24) is 0 Å². The number of aryl methyl sites for hydroxylation is 1. The van der Waals surface area contributed by atoms with Gasteiger partial charge in [0.25, 0.3) is 11.8 Å². The Balaban J connectivity index is 1.34. The summed E-state index contributed by atoms with van der Waals surface area (Å²) in [6.07, 6.45) is 1.51. The predicted molar refractivity (Wildman–Crippen MR) is 136 cm³/mol. The van der Waals surface area contributed by atoms with Crippen LogP contribution in [0.15, 0.2) is 66.7 Å². The first-order valence-corrected chi connectivity index (χ1v) is 11.9. The van der Waals surface area contributed by atoms with Gasteiger partial charge in [-0.15, -0.1) is 0 Å². The summed E-state index contributed by atoms with van der Waals surface area (Å²) in [5.41, 5.74) is 2.31. The molecule has 0 aromatic heterocycles. The van der Waals surface area contributed by atoms with Crippen LogP contribution in [0.4, 0.5) is 11.4 Å². The van der Waals surface area contributed by atoms with Crippen molar-refractivity contribution in [2.75, 3.05) is 36.6 Å². The van der Waals surface area contributed by atoms with Crippen LogP contribution >= 0.6 is 11.6 Å². The SMILES string of the molecule is CCc1cccc(OCC(=O)Nc2ccc3c(c2)N(CCCOc2ccc(Cl)cc2)C(=O)CO3)c1. The van der Waals surface area contributed by atoms with Crippen LogP contribution in [-0.4, -0.2) is 38.2 Å². The van der Waals surface area contributed by atoms with Crippen LogP contribution in [0.1, 0.15) is 18.9 Å². The average Bonchev–Trinajstić information content (AvgIpc) is 2.87. The first kappa shape index (κ1) is 24.4. The molecule has 3 aromatic rings. The van der Waals surface area contributed by atoms with E-state index in [-0.39, 0.29) is 25.0 Å². The van der Waals surface area contributed by atoms with Crippen LogP contribution in [0.25, 0.3) is 0 Å². The summed E-state index contributed by atoms with van der Waals surface area (Å²) in [5.74, 6) is 1.52. The highest BCUT2D eigenvalue weighted by atomic mass is 35.5. The van der Waals surface area contributed by atoms with Gasteiger partial charge in [0.2, 0.25) is 0 Å². The monoisotopic (exact) mass is 494 g/mol. The molecule has 3 aromatic carbocycles. The number of benzene rings is 3. The smallest absolute Gasteiger partial charge is 0.265 e. The lowest BCUT2D eigenvalue weighted by Gasteiger charge is -2.30. The summed E-state index contributed by atoms with van der Waals surface area (Å²) in [4.78, 5) is 26.6. The minimum absolute atomic E-state index is 0.0264. The van der Waals surface area contributed by atoms with Crippen LogP contribution in [-0.2, 0) is 16.0 Å². The molecular formula is C27H27ClN2O5. The minimum atomic E-state index is -0.294. The molecular weight excluding hydrogens is 468 g/mol. The molecule has 0 fully saturated rings. The third-order valence-electron chi connectivity index (χ3n) is 5.47. The maximum absolute atomic E-state index is 12.5. The second-order valence-corrected chi connectivity index (χ2v) is 8.45.